The highest BCUT2D eigenvalue weighted by atomic mass is 16.6. The quantitative estimate of drug-likeness (QED) is 0.551. The summed E-state index contributed by atoms with van der Waals surface area (Å²) in [5.41, 5.74) is 0. The molecule has 2 atom stereocenters. The zero-order chi connectivity index (χ0) is 15.8. The Morgan fingerprint density at radius 3 is 2.43 bits per heavy atom. The van der Waals surface area contributed by atoms with Crippen LogP contribution in [0.2, 0.25) is 0 Å². The molecule has 1 amide bonds. The molecule has 21 heavy (non-hydrogen) atoms. The van der Waals surface area contributed by atoms with E-state index in [9.17, 15) is 9.59 Å². The van der Waals surface area contributed by atoms with Crippen LogP contribution < -0.4 is 5.32 Å². The molecule has 2 unspecified atom stereocenters. The standard InChI is InChI=1S/C16H27NO4/c1-5-10-20-12(4)16(19)21-14(11(2)3)15(18)17-13-8-6-7-9-13/h5,11-14H,1,6-10H2,2-4H3,(H,17,18). The van der Waals surface area contributed by atoms with Gasteiger partial charge in [0, 0.05) is 6.04 Å². The van der Waals surface area contributed by atoms with Gasteiger partial charge in [0.15, 0.2) is 12.2 Å². The lowest BCUT2D eigenvalue weighted by atomic mass is 10.1. The highest BCUT2D eigenvalue weighted by molar-refractivity contribution is 5.85. The van der Waals surface area contributed by atoms with Gasteiger partial charge in [-0.3, -0.25) is 4.79 Å². The number of ether oxygens (including phenoxy) is 2. The molecule has 1 saturated carbocycles. The maximum absolute atomic E-state index is 12.3. The van der Waals surface area contributed by atoms with E-state index in [1.807, 2.05) is 13.8 Å². The van der Waals surface area contributed by atoms with Crippen LogP contribution in [0.1, 0.15) is 46.5 Å². The van der Waals surface area contributed by atoms with Crippen molar-refractivity contribution in [3.05, 3.63) is 12.7 Å². The third-order valence-electron chi connectivity index (χ3n) is 3.60. The van der Waals surface area contributed by atoms with Crippen molar-refractivity contribution < 1.29 is 19.1 Å². The van der Waals surface area contributed by atoms with Crippen LogP contribution in [0.5, 0.6) is 0 Å². The van der Waals surface area contributed by atoms with Crippen molar-refractivity contribution in [2.24, 2.45) is 5.92 Å². The third-order valence-corrected chi connectivity index (χ3v) is 3.60. The van der Waals surface area contributed by atoms with E-state index in [0.29, 0.717) is 0 Å². The number of hydrogen-bond donors (Lipinski definition) is 1. The molecule has 0 aliphatic heterocycles. The van der Waals surface area contributed by atoms with Crippen LogP contribution in [-0.4, -0.2) is 36.7 Å². The van der Waals surface area contributed by atoms with Gasteiger partial charge in [-0.15, -0.1) is 6.58 Å². The molecule has 1 aliphatic carbocycles. The molecule has 0 radical (unpaired) electrons. The lowest BCUT2D eigenvalue weighted by Crippen LogP contribution is -2.45. The first-order valence-electron chi connectivity index (χ1n) is 7.69. The summed E-state index contributed by atoms with van der Waals surface area (Å²) >= 11 is 0. The molecular formula is C16H27NO4. The zero-order valence-electron chi connectivity index (χ0n) is 13.3. The predicted octanol–water partition coefficient (Wildman–Crippen LogP) is 2.20. The zero-order valence-corrected chi connectivity index (χ0v) is 13.3. The van der Waals surface area contributed by atoms with Crippen LogP contribution in [0.4, 0.5) is 0 Å². The first kappa shape index (κ1) is 17.7. The molecule has 0 bridgehead atoms. The van der Waals surface area contributed by atoms with E-state index in [1.165, 1.54) is 0 Å². The molecule has 0 aromatic rings. The fourth-order valence-corrected chi connectivity index (χ4v) is 2.35. The van der Waals surface area contributed by atoms with E-state index in [1.54, 1.807) is 13.0 Å². The Morgan fingerprint density at radius 1 is 1.29 bits per heavy atom. The molecule has 120 valence electrons. The molecule has 1 rings (SSSR count). The Balaban J connectivity index is 2.53. The van der Waals surface area contributed by atoms with E-state index >= 15 is 0 Å². The van der Waals surface area contributed by atoms with Crippen molar-refractivity contribution >= 4 is 11.9 Å². The molecule has 0 aromatic heterocycles. The summed E-state index contributed by atoms with van der Waals surface area (Å²) in [4.78, 5) is 24.2. The first-order valence-corrected chi connectivity index (χ1v) is 7.69. The molecule has 1 fully saturated rings. The van der Waals surface area contributed by atoms with Crippen LogP contribution in [0.3, 0.4) is 0 Å². The molecule has 0 spiro atoms. The maximum atomic E-state index is 12.3. The highest BCUT2D eigenvalue weighted by Crippen LogP contribution is 2.19. The minimum atomic E-state index is -0.770. The van der Waals surface area contributed by atoms with Gasteiger partial charge in [0.05, 0.1) is 6.61 Å². The number of carbonyl (C=O) groups is 2. The van der Waals surface area contributed by atoms with Gasteiger partial charge in [0.2, 0.25) is 0 Å². The van der Waals surface area contributed by atoms with Crippen molar-refractivity contribution in [2.45, 2.75) is 64.7 Å². The summed E-state index contributed by atoms with van der Waals surface area (Å²) in [5.74, 6) is -0.805. The van der Waals surface area contributed by atoms with Crippen LogP contribution in [0.25, 0.3) is 0 Å². The second-order valence-electron chi connectivity index (χ2n) is 5.86. The van der Waals surface area contributed by atoms with E-state index in [-0.39, 0.29) is 24.5 Å². The Kier molecular flexibility index (Phi) is 7.43. The molecule has 0 heterocycles. The minimum Gasteiger partial charge on any atom is -0.450 e. The lowest BCUT2D eigenvalue weighted by molar-refractivity contribution is -0.168. The summed E-state index contributed by atoms with van der Waals surface area (Å²) in [6, 6.07) is 0.215. The van der Waals surface area contributed by atoms with Crippen LogP contribution in [0.15, 0.2) is 12.7 Å². The monoisotopic (exact) mass is 297 g/mol. The average molecular weight is 297 g/mol. The van der Waals surface area contributed by atoms with Gasteiger partial charge in [-0.05, 0) is 25.7 Å². The fraction of sp³-hybridized carbons (Fsp3) is 0.750. The molecule has 0 aromatic carbocycles. The Labute approximate surface area is 127 Å². The van der Waals surface area contributed by atoms with E-state index in [4.69, 9.17) is 9.47 Å². The lowest BCUT2D eigenvalue weighted by Gasteiger charge is -2.24. The van der Waals surface area contributed by atoms with Crippen molar-refractivity contribution in [2.75, 3.05) is 6.61 Å². The van der Waals surface area contributed by atoms with Gasteiger partial charge < -0.3 is 14.8 Å². The Bertz CT molecular complexity index is 361. The van der Waals surface area contributed by atoms with Gasteiger partial charge in [-0.1, -0.05) is 32.8 Å². The number of carbonyl (C=O) groups excluding carboxylic acids is 2. The molecule has 1 aliphatic rings. The van der Waals surface area contributed by atoms with Crippen molar-refractivity contribution in [1.82, 2.24) is 5.32 Å². The van der Waals surface area contributed by atoms with E-state index in [0.717, 1.165) is 25.7 Å². The van der Waals surface area contributed by atoms with Crippen LogP contribution in [-0.2, 0) is 19.1 Å². The SMILES string of the molecule is C=CCOC(C)C(=O)OC(C(=O)NC1CCCC1)C(C)C. The highest BCUT2D eigenvalue weighted by Gasteiger charge is 2.30. The normalized spacial score (nSPS) is 18.3. The van der Waals surface area contributed by atoms with Gasteiger partial charge in [0.25, 0.3) is 5.91 Å². The number of hydrogen-bond acceptors (Lipinski definition) is 4. The number of rotatable bonds is 8. The molecular weight excluding hydrogens is 270 g/mol. The summed E-state index contributed by atoms with van der Waals surface area (Å²) in [6.45, 7) is 9.13. The smallest absolute Gasteiger partial charge is 0.335 e. The maximum Gasteiger partial charge on any atom is 0.335 e. The first-order chi connectivity index (χ1) is 9.95. The third kappa shape index (κ3) is 5.87. The molecule has 1 N–H and O–H groups in total. The molecule has 0 saturated heterocycles. The molecule has 5 heteroatoms. The predicted molar refractivity (Wildman–Crippen MR) is 80.7 cm³/mol. The van der Waals surface area contributed by atoms with Crippen LogP contribution >= 0.6 is 0 Å². The fourth-order valence-electron chi connectivity index (χ4n) is 2.35. The topological polar surface area (TPSA) is 64.6 Å². The summed E-state index contributed by atoms with van der Waals surface area (Å²) in [7, 11) is 0. The van der Waals surface area contributed by atoms with Crippen molar-refractivity contribution in [1.29, 1.82) is 0 Å². The minimum absolute atomic E-state index is 0.0815. The van der Waals surface area contributed by atoms with Crippen molar-refractivity contribution in [3.63, 3.8) is 0 Å². The second-order valence-corrected chi connectivity index (χ2v) is 5.86. The number of nitrogens with one attached hydrogen (secondary N) is 1. The summed E-state index contributed by atoms with van der Waals surface area (Å²) < 4.78 is 10.6. The Hall–Kier alpha value is -1.36. The van der Waals surface area contributed by atoms with Crippen LogP contribution in [0, 0.1) is 5.92 Å². The van der Waals surface area contributed by atoms with Gasteiger partial charge in [-0.25, -0.2) is 4.79 Å². The van der Waals surface area contributed by atoms with Gasteiger partial charge in [0.1, 0.15) is 0 Å². The Morgan fingerprint density at radius 2 is 1.90 bits per heavy atom. The van der Waals surface area contributed by atoms with Gasteiger partial charge in [-0.2, -0.15) is 0 Å². The van der Waals surface area contributed by atoms with Gasteiger partial charge >= 0.3 is 5.97 Å². The largest absolute Gasteiger partial charge is 0.450 e. The second kappa shape index (κ2) is 8.82. The van der Waals surface area contributed by atoms with E-state index < -0.39 is 18.2 Å². The number of amides is 1. The summed E-state index contributed by atoms with van der Waals surface area (Å²) in [5, 5.41) is 2.97. The van der Waals surface area contributed by atoms with E-state index in [2.05, 4.69) is 11.9 Å². The number of esters is 1. The average Bonchev–Trinajstić information content (AvgIpc) is 2.93. The molecule has 5 nitrogen and oxygen atoms in total. The van der Waals surface area contributed by atoms with Crippen molar-refractivity contribution in [3.8, 4) is 0 Å². The summed E-state index contributed by atoms with van der Waals surface area (Å²) in [6.07, 6.45) is 4.38.